The number of hydrogen-bond acceptors (Lipinski definition) is 5. The molecule has 1 aromatic heterocycles. The first-order chi connectivity index (χ1) is 10.1. The van der Waals surface area contributed by atoms with E-state index in [0.29, 0.717) is 0 Å². The van der Waals surface area contributed by atoms with Crippen molar-refractivity contribution in [3.63, 3.8) is 0 Å². The van der Waals surface area contributed by atoms with E-state index in [2.05, 4.69) is 36.9 Å². The third kappa shape index (κ3) is 3.11. The maximum atomic E-state index is 6.52. The Bertz CT molecular complexity index is 571. The van der Waals surface area contributed by atoms with Gasteiger partial charge in [-0.15, -0.1) is 11.3 Å². The highest BCUT2D eigenvalue weighted by Gasteiger charge is 2.34. The van der Waals surface area contributed by atoms with Crippen LogP contribution in [0.2, 0.25) is 0 Å². The van der Waals surface area contributed by atoms with Crippen molar-refractivity contribution in [2.24, 2.45) is 5.73 Å². The summed E-state index contributed by atoms with van der Waals surface area (Å²) < 4.78 is 6.68. The molecule has 2 heterocycles. The summed E-state index contributed by atoms with van der Waals surface area (Å²) in [6, 6.07) is 8.34. The van der Waals surface area contributed by atoms with Crippen LogP contribution >= 0.6 is 11.3 Å². The first kappa shape index (κ1) is 14.9. The van der Waals surface area contributed by atoms with E-state index in [-0.39, 0.29) is 11.6 Å². The molecule has 5 heteroatoms. The third-order valence-corrected chi connectivity index (χ3v) is 5.52. The quantitative estimate of drug-likeness (QED) is 0.941. The largest absolute Gasteiger partial charge is 0.379 e. The monoisotopic (exact) mass is 305 g/mol. The molecule has 0 amide bonds. The molecule has 3 rings (SSSR count). The van der Waals surface area contributed by atoms with Crippen molar-refractivity contribution in [3.05, 3.63) is 29.3 Å². The lowest BCUT2D eigenvalue weighted by Crippen LogP contribution is -2.59. The summed E-state index contributed by atoms with van der Waals surface area (Å²) in [7, 11) is 0. The van der Waals surface area contributed by atoms with Crippen molar-refractivity contribution in [2.45, 2.75) is 31.8 Å². The number of morpholine rings is 1. The number of thiazole rings is 1. The minimum absolute atomic E-state index is 0.0400. The predicted octanol–water partition coefficient (Wildman–Crippen LogP) is 2.28. The summed E-state index contributed by atoms with van der Waals surface area (Å²) in [5.74, 6) is 0. The van der Waals surface area contributed by atoms with E-state index in [1.807, 2.05) is 6.07 Å². The second kappa shape index (κ2) is 6.01. The van der Waals surface area contributed by atoms with Gasteiger partial charge in [-0.1, -0.05) is 12.1 Å². The summed E-state index contributed by atoms with van der Waals surface area (Å²) in [5.41, 5.74) is 7.56. The number of rotatable bonds is 4. The van der Waals surface area contributed by atoms with E-state index in [4.69, 9.17) is 15.5 Å². The lowest BCUT2D eigenvalue weighted by molar-refractivity contribution is -0.0186. The van der Waals surface area contributed by atoms with Crippen LogP contribution in [0.4, 0.5) is 0 Å². The highest BCUT2D eigenvalue weighted by molar-refractivity contribution is 7.18. The van der Waals surface area contributed by atoms with Gasteiger partial charge in [-0.2, -0.15) is 0 Å². The van der Waals surface area contributed by atoms with Crippen molar-refractivity contribution < 1.29 is 4.74 Å². The Balaban J connectivity index is 1.73. The summed E-state index contributed by atoms with van der Waals surface area (Å²) >= 11 is 1.75. The number of aromatic nitrogens is 1. The maximum Gasteiger partial charge on any atom is 0.0954 e. The second-order valence-corrected chi connectivity index (χ2v) is 7.25. The molecule has 114 valence electrons. The van der Waals surface area contributed by atoms with Gasteiger partial charge < -0.3 is 10.5 Å². The Morgan fingerprint density at radius 3 is 2.76 bits per heavy atom. The van der Waals surface area contributed by atoms with E-state index >= 15 is 0 Å². The first-order valence-corrected chi connectivity index (χ1v) is 8.32. The van der Waals surface area contributed by atoms with Crippen LogP contribution in [0.1, 0.15) is 18.9 Å². The molecule has 4 nitrogen and oxygen atoms in total. The number of para-hydroxylation sites is 1. The SMILES string of the molecule is CC(C)(C(N)Cc1nc2ccccc2s1)N1CCOCC1. The van der Waals surface area contributed by atoms with Gasteiger partial charge in [0.15, 0.2) is 0 Å². The molecule has 2 aromatic rings. The Labute approximate surface area is 129 Å². The van der Waals surface area contributed by atoms with E-state index in [1.165, 1.54) is 4.70 Å². The molecule has 1 aliphatic heterocycles. The van der Waals surface area contributed by atoms with Gasteiger partial charge >= 0.3 is 0 Å². The highest BCUT2D eigenvalue weighted by atomic mass is 32.1. The smallest absolute Gasteiger partial charge is 0.0954 e. The van der Waals surface area contributed by atoms with Crippen LogP contribution in [-0.2, 0) is 11.2 Å². The topological polar surface area (TPSA) is 51.4 Å². The molecule has 2 N–H and O–H groups in total. The Hall–Kier alpha value is -1.01. The minimum Gasteiger partial charge on any atom is -0.379 e. The fraction of sp³-hybridized carbons (Fsp3) is 0.562. The molecular weight excluding hydrogens is 282 g/mol. The number of nitrogens with zero attached hydrogens (tertiary/aromatic N) is 2. The van der Waals surface area contributed by atoms with Gasteiger partial charge in [0.1, 0.15) is 0 Å². The summed E-state index contributed by atoms with van der Waals surface area (Å²) in [5, 5.41) is 1.13. The van der Waals surface area contributed by atoms with Crippen LogP contribution < -0.4 is 5.73 Å². The number of nitrogens with two attached hydrogens (primary N) is 1. The lowest BCUT2D eigenvalue weighted by Gasteiger charge is -2.44. The van der Waals surface area contributed by atoms with E-state index < -0.39 is 0 Å². The highest BCUT2D eigenvalue weighted by Crippen LogP contribution is 2.26. The van der Waals surface area contributed by atoms with Gasteiger partial charge in [0.05, 0.1) is 28.4 Å². The van der Waals surface area contributed by atoms with Crippen molar-refractivity contribution in [1.29, 1.82) is 0 Å². The van der Waals surface area contributed by atoms with Crippen LogP contribution in [0, 0.1) is 0 Å². The van der Waals surface area contributed by atoms with Gasteiger partial charge in [0.2, 0.25) is 0 Å². The van der Waals surface area contributed by atoms with Gasteiger partial charge in [0.25, 0.3) is 0 Å². The standard InChI is InChI=1S/C16H23N3OS/c1-16(2,19-7-9-20-10-8-19)14(17)11-15-18-12-5-3-4-6-13(12)21-15/h3-6,14H,7-11,17H2,1-2H3. The molecule has 1 fully saturated rings. The second-order valence-electron chi connectivity index (χ2n) is 6.14. The molecular formula is C16H23N3OS. The van der Waals surface area contributed by atoms with Crippen LogP contribution in [-0.4, -0.2) is 47.8 Å². The summed E-state index contributed by atoms with van der Waals surface area (Å²) in [4.78, 5) is 7.15. The minimum atomic E-state index is -0.0400. The zero-order valence-electron chi connectivity index (χ0n) is 12.7. The number of ether oxygens (including phenoxy) is 1. The van der Waals surface area contributed by atoms with E-state index in [9.17, 15) is 0 Å². The fourth-order valence-electron chi connectivity index (χ4n) is 2.82. The van der Waals surface area contributed by atoms with Gasteiger partial charge in [-0.3, -0.25) is 4.90 Å². The number of fused-ring (bicyclic) bond motifs is 1. The molecule has 1 saturated heterocycles. The molecule has 0 saturated carbocycles. The fourth-order valence-corrected chi connectivity index (χ4v) is 3.84. The van der Waals surface area contributed by atoms with Gasteiger partial charge in [-0.05, 0) is 26.0 Å². The Morgan fingerprint density at radius 2 is 2.05 bits per heavy atom. The van der Waals surface area contributed by atoms with Gasteiger partial charge in [-0.25, -0.2) is 4.98 Å². The molecule has 1 atom stereocenters. The zero-order valence-corrected chi connectivity index (χ0v) is 13.5. The van der Waals surface area contributed by atoms with Crippen molar-refractivity contribution in [2.75, 3.05) is 26.3 Å². The Morgan fingerprint density at radius 1 is 1.33 bits per heavy atom. The van der Waals surface area contributed by atoms with Crippen LogP contribution in [0.15, 0.2) is 24.3 Å². The molecule has 0 radical (unpaired) electrons. The Kier molecular flexibility index (Phi) is 4.26. The van der Waals surface area contributed by atoms with Crippen LogP contribution in [0.5, 0.6) is 0 Å². The maximum absolute atomic E-state index is 6.52. The molecule has 0 aliphatic carbocycles. The third-order valence-electron chi connectivity index (χ3n) is 4.47. The average Bonchev–Trinajstić information content (AvgIpc) is 2.90. The van der Waals surface area contributed by atoms with E-state index in [0.717, 1.165) is 43.2 Å². The van der Waals surface area contributed by atoms with Crippen molar-refractivity contribution >= 4 is 21.6 Å². The van der Waals surface area contributed by atoms with Crippen LogP contribution in [0.25, 0.3) is 10.2 Å². The molecule has 1 aromatic carbocycles. The normalized spacial score (nSPS) is 19.0. The first-order valence-electron chi connectivity index (χ1n) is 7.50. The summed E-state index contributed by atoms with van der Waals surface area (Å²) in [6.07, 6.45) is 0.823. The average molecular weight is 305 g/mol. The van der Waals surface area contributed by atoms with Crippen LogP contribution in [0.3, 0.4) is 0 Å². The molecule has 0 bridgehead atoms. The molecule has 21 heavy (non-hydrogen) atoms. The molecule has 0 spiro atoms. The zero-order chi connectivity index (χ0) is 14.9. The number of hydrogen-bond donors (Lipinski definition) is 1. The van der Waals surface area contributed by atoms with Gasteiger partial charge in [0, 0.05) is 31.1 Å². The molecule has 1 unspecified atom stereocenters. The lowest BCUT2D eigenvalue weighted by atomic mass is 9.90. The van der Waals surface area contributed by atoms with Crippen molar-refractivity contribution in [1.82, 2.24) is 9.88 Å². The summed E-state index contributed by atoms with van der Waals surface area (Å²) in [6.45, 7) is 7.99. The van der Waals surface area contributed by atoms with E-state index in [1.54, 1.807) is 11.3 Å². The predicted molar refractivity (Wildman–Crippen MR) is 87.8 cm³/mol. The van der Waals surface area contributed by atoms with Crippen molar-refractivity contribution in [3.8, 4) is 0 Å². The number of benzene rings is 1. The molecule has 1 aliphatic rings.